The molecule has 3 N–H and O–H groups in total. The van der Waals surface area contributed by atoms with Crippen molar-refractivity contribution in [3.63, 3.8) is 0 Å². The second-order valence-electron chi connectivity index (χ2n) is 10.7. The van der Waals surface area contributed by atoms with E-state index in [2.05, 4.69) is 26.3 Å². The summed E-state index contributed by atoms with van der Waals surface area (Å²) in [4.78, 5) is 33.7. The summed E-state index contributed by atoms with van der Waals surface area (Å²) in [7, 11) is -4.76. The average molecular weight is 597 g/mol. The number of carbonyl (C=O) groups is 1. The topological polar surface area (TPSA) is 125 Å². The molecule has 218 valence electrons. The van der Waals surface area contributed by atoms with Crippen molar-refractivity contribution in [3.8, 4) is 11.1 Å². The molecule has 2 aromatic heterocycles. The molecule has 1 aliphatic rings. The molecule has 1 unspecified atom stereocenters. The predicted octanol–water partition coefficient (Wildman–Crippen LogP) is 4.94. The van der Waals surface area contributed by atoms with Crippen LogP contribution in [0.25, 0.3) is 33.1 Å². The van der Waals surface area contributed by atoms with Gasteiger partial charge < -0.3 is 24.6 Å². The molecule has 1 amide bonds. The van der Waals surface area contributed by atoms with Crippen molar-refractivity contribution in [1.82, 2.24) is 20.2 Å². The first kappa shape index (κ1) is 29.6. The lowest BCUT2D eigenvalue weighted by Crippen LogP contribution is -2.45. The minimum absolute atomic E-state index is 0.0107. The van der Waals surface area contributed by atoms with Gasteiger partial charge in [-0.3, -0.25) is 4.79 Å². The molecule has 3 heterocycles. The fourth-order valence-corrected chi connectivity index (χ4v) is 6.82. The van der Waals surface area contributed by atoms with Crippen molar-refractivity contribution in [2.24, 2.45) is 0 Å². The zero-order valence-corrected chi connectivity index (χ0v) is 25.6. The molecule has 0 aliphatic carbocycles. The first-order chi connectivity index (χ1) is 19.6. The molecule has 1 fully saturated rings. The Bertz CT molecular complexity index is 1690. The molecule has 1 saturated heterocycles. The van der Waals surface area contributed by atoms with Gasteiger partial charge in [0, 0.05) is 54.9 Å². The third-order valence-corrected chi connectivity index (χ3v) is 10.1. The van der Waals surface area contributed by atoms with Crippen LogP contribution in [0.4, 0.5) is 0 Å². The Morgan fingerprint density at radius 1 is 1.22 bits per heavy atom. The number of hydrogen-bond acceptors (Lipinski definition) is 7. The molecule has 41 heavy (non-hydrogen) atoms. The Morgan fingerprint density at radius 2 is 1.98 bits per heavy atom. The number of nitrogens with one attached hydrogen (secondary N) is 2. The fraction of sp³-hybridized carbons (Fsp3) is 0.400. The number of pyridine rings is 1. The zero-order valence-electron chi connectivity index (χ0n) is 23.9. The van der Waals surface area contributed by atoms with E-state index in [1.165, 1.54) is 0 Å². The number of amides is 1. The number of likely N-dealkylation sites (tertiary alicyclic amines) is 1. The Balaban J connectivity index is 1.50. The Morgan fingerprint density at radius 3 is 2.68 bits per heavy atom. The van der Waals surface area contributed by atoms with Crippen LogP contribution in [0.15, 0.2) is 47.5 Å². The lowest BCUT2D eigenvalue weighted by Gasteiger charge is -2.32. The summed E-state index contributed by atoms with van der Waals surface area (Å²) in [5, 5.41) is 5.10. The lowest BCUT2D eigenvalue weighted by atomic mass is 9.93. The highest BCUT2D eigenvalue weighted by atomic mass is 32.2. The summed E-state index contributed by atoms with van der Waals surface area (Å²) in [5.74, 6) is -0.138. The summed E-state index contributed by atoms with van der Waals surface area (Å²) in [6.07, 6.45) is 3.46. The van der Waals surface area contributed by atoms with Gasteiger partial charge in [-0.1, -0.05) is 19.1 Å². The van der Waals surface area contributed by atoms with Crippen LogP contribution >= 0.6 is 8.38 Å². The number of carbonyl (C=O) groups excluding carboxylic acids is 1. The number of aryl methyl sites for hydroxylation is 2. The molecule has 0 saturated carbocycles. The van der Waals surface area contributed by atoms with E-state index in [1.54, 1.807) is 38.0 Å². The molecule has 9 nitrogen and oxygen atoms in total. The van der Waals surface area contributed by atoms with Crippen LogP contribution in [0, 0.1) is 13.8 Å². The number of sulfone groups is 1. The first-order valence-corrected chi connectivity index (χ1v) is 17.2. The quantitative estimate of drug-likeness (QED) is 0.234. The summed E-state index contributed by atoms with van der Waals surface area (Å²) in [6.45, 7) is 10.2. The van der Waals surface area contributed by atoms with Crippen molar-refractivity contribution < 1.29 is 22.6 Å². The molecule has 1 atom stereocenters. The normalized spacial score (nSPS) is 15.9. The van der Waals surface area contributed by atoms with Crippen molar-refractivity contribution >= 4 is 46.1 Å². The summed E-state index contributed by atoms with van der Waals surface area (Å²) >= 11 is 0. The Labute approximate surface area is 242 Å². The third kappa shape index (κ3) is 6.32. The molecule has 5 rings (SSSR count). The highest BCUT2D eigenvalue weighted by molar-refractivity contribution is 7.91. The number of hydrogen-bond donors (Lipinski definition) is 3. The number of piperidine rings is 1. The van der Waals surface area contributed by atoms with Crippen LogP contribution < -0.4 is 5.32 Å². The number of fused-ring (bicyclic) bond motifs is 3. The predicted molar refractivity (Wildman–Crippen MR) is 164 cm³/mol. The maximum Gasteiger partial charge on any atom is 0.251 e. The number of aromatic nitrogens is 2. The highest BCUT2D eigenvalue weighted by Crippen LogP contribution is 2.38. The number of H-pyrrole nitrogens is 1. The number of rotatable bonds is 9. The van der Waals surface area contributed by atoms with E-state index in [0.717, 1.165) is 76.7 Å². The first-order valence-electron chi connectivity index (χ1n) is 13.9. The van der Waals surface area contributed by atoms with E-state index < -0.39 is 18.2 Å². The van der Waals surface area contributed by atoms with Gasteiger partial charge in [0.05, 0.1) is 22.8 Å². The molecule has 0 bridgehead atoms. The second-order valence-corrected chi connectivity index (χ2v) is 14.2. The monoisotopic (exact) mass is 596 g/mol. The van der Waals surface area contributed by atoms with Crippen LogP contribution in [0.2, 0.25) is 0 Å². The Kier molecular flexibility index (Phi) is 8.78. The minimum atomic E-state index is -3.41. The SMILES string of the molecule is CCS(=O)(=O)c1cccc(-c2cc(C(=O)NC3CCN(CCOP(C)O)CC3)c(C)c3[nH]c4ncc(C)cc4c23)c1. The van der Waals surface area contributed by atoms with Gasteiger partial charge in [0.25, 0.3) is 5.91 Å². The molecule has 4 aromatic rings. The van der Waals surface area contributed by atoms with E-state index >= 15 is 0 Å². The standard InChI is InChI=1S/C30H37N4O5PS/c1-5-41(37,38)23-8-6-7-21(16-23)25-17-24(20(3)28-27(25)26-15-19(2)18-31-29(26)33-28)30(35)32-22-9-11-34(12-10-22)13-14-39-40(4)36/h6-8,15-18,22,36H,5,9-14H2,1-4H3,(H,31,33)(H,32,35). The van der Waals surface area contributed by atoms with Crippen molar-refractivity contribution in [3.05, 3.63) is 59.3 Å². The molecular formula is C30H37N4O5PS. The molecule has 11 heteroatoms. The van der Waals surface area contributed by atoms with Crippen LogP contribution in [0.3, 0.4) is 0 Å². The maximum absolute atomic E-state index is 13.7. The summed E-state index contributed by atoms with van der Waals surface area (Å²) in [6, 6.07) is 11.0. The van der Waals surface area contributed by atoms with Crippen molar-refractivity contribution in [1.29, 1.82) is 0 Å². The van der Waals surface area contributed by atoms with Crippen LogP contribution in [0.1, 0.15) is 41.3 Å². The number of benzene rings is 2. The smallest absolute Gasteiger partial charge is 0.251 e. The fourth-order valence-electron chi connectivity index (χ4n) is 5.55. The van der Waals surface area contributed by atoms with Gasteiger partial charge in [-0.2, -0.15) is 0 Å². The van der Waals surface area contributed by atoms with E-state index in [0.29, 0.717) is 12.2 Å². The van der Waals surface area contributed by atoms with Crippen molar-refractivity contribution in [2.45, 2.75) is 44.6 Å². The van der Waals surface area contributed by atoms with Gasteiger partial charge in [0.15, 0.2) is 18.2 Å². The van der Waals surface area contributed by atoms with Crippen LogP contribution in [-0.2, 0) is 14.4 Å². The van der Waals surface area contributed by atoms with Gasteiger partial charge >= 0.3 is 0 Å². The zero-order chi connectivity index (χ0) is 29.3. The highest BCUT2D eigenvalue weighted by Gasteiger charge is 2.25. The van der Waals surface area contributed by atoms with Gasteiger partial charge in [-0.15, -0.1) is 0 Å². The third-order valence-electron chi connectivity index (χ3n) is 7.86. The summed E-state index contributed by atoms with van der Waals surface area (Å²) in [5.41, 5.74) is 5.44. The number of aromatic amines is 1. The van der Waals surface area contributed by atoms with Crippen LogP contribution in [0.5, 0.6) is 0 Å². The largest absolute Gasteiger partial charge is 0.350 e. The van der Waals surface area contributed by atoms with Crippen molar-refractivity contribution in [2.75, 3.05) is 38.7 Å². The van der Waals surface area contributed by atoms with E-state index in [-0.39, 0.29) is 22.6 Å². The van der Waals surface area contributed by atoms with E-state index in [4.69, 9.17) is 4.52 Å². The van der Waals surface area contributed by atoms with E-state index in [1.807, 2.05) is 26.0 Å². The second kappa shape index (κ2) is 12.2. The van der Waals surface area contributed by atoms with E-state index in [9.17, 15) is 18.1 Å². The molecule has 0 spiro atoms. The van der Waals surface area contributed by atoms with Gasteiger partial charge in [-0.05, 0) is 73.2 Å². The maximum atomic E-state index is 13.7. The molecule has 2 aromatic carbocycles. The Hall–Kier alpha value is -2.88. The van der Waals surface area contributed by atoms with Gasteiger partial charge in [-0.25, -0.2) is 13.4 Å². The van der Waals surface area contributed by atoms with Gasteiger partial charge in [0.2, 0.25) is 0 Å². The van der Waals surface area contributed by atoms with Gasteiger partial charge in [0.1, 0.15) is 5.65 Å². The number of nitrogens with zero attached hydrogens (tertiary/aromatic N) is 2. The average Bonchev–Trinajstić information content (AvgIpc) is 3.33. The lowest BCUT2D eigenvalue weighted by molar-refractivity contribution is 0.0905. The molecular weight excluding hydrogens is 559 g/mol. The molecule has 1 aliphatic heterocycles. The molecule has 0 radical (unpaired) electrons. The van der Waals surface area contributed by atoms with Crippen LogP contribution in [-0.4, -0.2) is 78.8 Å². The summed E-state index contributed by atoms with van der Waals surface area (Å²) < 4.78 is 30.8. The minimum Gasteiger partial charge on any atom is -0.350 e.